The van der Waals surface area contributed by atoms with Crippen molar-refractivity contribution in [2.75, 3.05) is 0 Å². The van der Waals surface area contributed by atoms with Crippen molar-refractivity contribution in [2.24, 2.45) is 5.92 Å². The van der Waals surface area contributed by atoms with Gasteiger partial charge in [-0.3, -0.25) is 4.79 Å². The normalized spacial score (nSPS) is 41.9. The summed E-state index contributed by atoms with van der Waals surface area (Å²) in [5, 5.41) is 9.51. The van der Waals surface area contributed by atoms with Gasteiger partial charge in [-0.05, 0) is 19.8 Å². The highest BCUT2D eigenvalue weighted by Crippen LogP contribution is 2.28. The quantitative estimate of drug-likeness (QED) is 0.550. The zero-order valence-electron chi connectivity index (χ0n) is 6.55. The molecule has 1 fully saturated rings. The minimum absolute atomic E-state index is 0.0590. The first-order chi connectivity index (χ1) is 4.51. The van der Waals surface area contributed by atoms with Gasteiger partial charge in [0, 0.05) is 12.3 Å². The fourth-order valence-electron chi connectivity index (χ4n) is 1.51. The number of ketones is 1. The van der Waals surface area contributed by atoms with Crippen molar-refractivity contribution >= 4 is 5.78 Å². The summed E-state index contributed by atoms with van der Waals surface area (Å²) in [7, 11) is 0. The van der Waals surface area contributed by atoms with E-state index in [0.717, 1.165) is 0 Å². The van der Waals surface area contributed by atoms with Gasteiger partial charge in [0.15, 0.2) is 0 Å². The number of hydrogen-bond donors (Lipinski definition) is 1. The highest BCUT2D eigenvalue weighted by molar-refractivity contribution is 5.81. The van der Waals surface area contributed by atoms with Gasteiger partial charge in [0.2, 0.25) is 0 Å². The van der Waals surface area contributed by atoms with Gasteiger partial charge < -0.3 is 5.11 Å². The molecule has 2 nitrogen and oxygen atoms in total. The molecular formula is C8H14O2. The molecule has 2 heteroatoms. The van der Waals surface area contributed by atoms with Crippen molar-refractivity contribution in [3.8, 4) is 0 Å². The third kappa shape index (κ3) is 1.57. The summed E-state index contributed by atoms with van der Waals surface area (Å²) in [5.74, 6) is 0.357. The molecule has 2 unspecified atom stereocenters. The summed E-state index contributed by atoms with van der Waals surface area (Å²) in [4.78, 5) is 11.0. The van der Waals surface area contributed by atoms with Crippen LogP contribution in [-0.2, 0) is 4.79 Å². The third-order valence-electron chi connectivity index (χ3n) is 2.21. The number of carbonyl (C=O) groups excluding carboxylic acids is 1. The van der Waals surface area contributed by atoms with E-state index >= 15 is 0 Å². The summed E-state index contributed by atoms with van der Waals surface area (Å²) in [6, 6.07) is 0. The molecule has 1 N–H and O–H groups in total. The maximum atomic E-state index is 11.0. The predicted octanol–water partition coefficient (Wildman–Crippen LogP) is 1.13. The van der Waals surface area contributed by atoms with Crippen LogP contribution in [-0.4, -0.2) is 16.5 Å². The molecule has 0 spiro atoms. The summed E-state index contributed by atoms with van der Waals surface area (Å²) in [5.41, 5.74) is -0.590. The number of aliphatic hydroxyl groups is 1. The van der Waals surface area contributed by atoms with E-state index in [1.54, 1.807) is 6.92 Å². The number of hydrogen-bond acceptors (Lipinski definition) is 2. The molecule has 0 bridgehead atoms. The van der Waals surface area contributed by atoms with E-state index in [2.05, 4.69) is 0 Å². The van der Waals surface area contributed by atoms with Crippen molar-refractivity contribution in [1.82, 2.24) is 0 Å². The molecule has 2 atom stereocenters. The minimum Gasteiger partial charge on any atom is -0.390 e. The fourth-order valence-corrected chi connectivity index (χ4v) is 1.51. The van der Waals surface area contributed by atoms with Crippen LogP contribution in [0.2, 0.25) is 0 Å². The van der Waals surface area contributed by atoms with Crippen molar-refractivity contribution < 1.29 is 9.90 Å². The first kappa shape index (κ1) is 7.73. The van der Waals surface area contributed by atoms with Crippen LogP contribution in [0.5, 0.6) is 0 Å². The van der Waals surface area contributed by atoms with Crippen LogP contribution < -0.4 is 0 Å². The molecule has 0 aromatic heterocycles. The zero-order valence-corrected chi connectivity index (χ0v) is 6.55. The van der Waals surface area contributed by atoms with Crippen LogP contribution >= 0.6 is 0 Å². The van der Waals surface area contributed by atoms with E-state index in [1.165, 1.54) is 0 Å². The number of rotatable bonds is 0. The molecule has 1 saturated carbocycles. The topological polar surface area (TPSA) is 37.3 Å². The van der Waals surface area contributed by atoms with Crippen LogP contribution in [0.3, 0.4) is 0 Å². The van der Waals surface area contributed by atoms with Crippen molar-refractivity contribution in [2.45, 2.75) is 38.7 Å². The lowest BCUT2D eigenvalue weighted by atomic mass is 9.79. The highest BCUT2D eigenvalue weighted by atomic mass is 16.3. The second-order valence-corrected chi connectivity index (χ2v) is 3.57. The smallest absolute Gasteiger partial charge is 0.135 e. The van der Waals surface area contributed by atoms with Gasteiger partial charge in [-0.1, -0.05) is 6.92 Å². The molecule has 58 valence electrons. The van der Waals surface area contributed by atoms with E-state index < -0.39 is 5.60 Å². The third-order valence-corrected chi connectivity index (χ3v) is 2.21. The van der Waals surface area contributed by atoms with Crippen LogP contribution in [0.1, 0.15) is 33.1 Å². The van der Waals surface area contributed by atoms with E-state index in [1.807, 2.05) is 6.92 Å². The Labute approximate surface area is 61.2 Å². The Bertz CT molecular complexity index is 149. The molecule has 0 aliphatic heterocycles. The second-order valence-electron chi connectivity index (χ2n) is 3.57. The molecule has 1 aliphatic rings. The molecule has 0 aromatic carbocycles. The van der Waals surface area contributed by atoms with E-state index in [9.17, 15) is 9.90 Å². The molecule has 0 aromatic rings. The highest BCUT2D eigenvalue weighted by Gasteiger charge is 2.32. The molecule has 1 aliphatic carbocycles. The molecular weight excluding hydrogens is 128 g/mol. The van der Waals surface area contributed by atoms with Gasteiger partial charge in [0.1, 0.15) is 5.78 Å². The van der Waals surface area contributed by atoms with Gasteiger partial charge in [0.05, 0.1) is 5.60 Å². The van der Waals surface area contributed by atoms with Crippen LogP contribution in [0, 0.1) is 5.92 Å². The Morgan fingerprint density at radius 1 is 1.70 bits per heavy atom. The van der Waals surface area contributed by atoms with Crippen molar-refractivity contribution in [3.63, 3.8) is 0 Å². The second kappa shape index (κ2) is 2.35. The molecule has 1 rings (SSSR count). The summed E-state index contributed by atoms with van der Waals surface area (Å²) in [6.45, 7) is 3.69. The first-order valence-electron chi connectivity index (χ1n) is 3.76. The molecule has 0 amide bonds. The van der Waals surface area contributed by atoms with Gasteiger partial charge >= 0.3 is 0 Å². The number of carbonyl (C=O) groups is 1. The summed E-state index contributed by atoms with van der Waals surface area (Å²) < 4.78 is 0. The maximum Gasteiger partial charge on any atom is 0.135 e. The van der Waals surface area contributed by atoms with Crippen molar-refractivity contribution in [3.05, 3.63) is 0 Å². The maximum absolute atomic E-state index is 11.0. The first-order valence-corrected chi connectivity index (χ1v) is 3.76. The van der Waals surface area contributed by atoms with E-state index in [4.69, 9.17) is 0 Å². The minimum atomic E-state index is -0.590. The number of Topliss-reactive ketones (excluding diaryl/α,β-unsaturated/α-hetero) is 1. The molecule has 0 heterocycles. The van der Waals surface area contributed by atoms with Gasteiger partial charge in [0.25, 0.3) is 0 Å². The van der Waals surface area contributed by atoms with Crippen LogP contribution in [0.15, 0.2) is 0 Å². The van der Waals surface area contributed by atoms with E-state index in [-0.39, 0.29) is 5.92 Å². The van der Waals surface area contributed by atoms with Gasteiger partial charge in [-0.2, -0.15) is 0 Å². The summed E-state index contributed by atoms with van der Waals surface area (Å²) in [6.07, 6.45) is 1.82. The van der Waals surface area contributed by atoms with Gasteiger partial charge in [-0.25, -0.2) is 0 Å². The standard InChI is InChI=1S/C8H14O2/c1-6-5-8(2,10)4-3-7(6)9/h6,10H,3-5H2,1-2H3. The SMILES string of the molecule is CC1CC(C)(O)CCC1=O. The fraction of sp³-hybridized carbons (Fsp3) is 0.875. The monoisotopic (exact) mass is 142 g/mol. The Kier molecular flexibility index (Phi) is 1.82. The molecule has 0 radical (unpaired) electrons. The van der Waals surface area contributed by atoms with E-state index in [0.29, 0.717) is 25.0 Å². The van der Waals surface area contributed by atoms with Gasteiger partial charge in [-0.15, -0.1) is 0 Å². The summed E-state index contributed by atoms with van der Waals surface area (Å²) >= 11 is 0. The predicted molar refractivity (Wildman–Crippen MR) is 38.6 cm³/mol. The van der Waals surface area contributed by atoms with Crippen LogP contribution in [0.4, 0.5) is 0 Å². The average molecular weight is 142 g/mol. The largest absolute Gasteiger partial charge is 0.390 e. The molecule has 10 heavy (non-hydrogen) atoms. The lowest BCUT2D eigenvalue weighted by Crippen LogP contribution is -2.35. The Morgan fingerprint density at radius 3 is 2.70 bits per heavy atom. The lowest BCUT2D eigenvalue weighted by molar-refractivity contribution is -0.129. The van der Waals surface area contributed by atoms with Crippen LogP contribution in [0.25, 0.3) is 0 Å². The Balaban J connectivity index is 2.57. The Morgan fingerprint density at radius 2 is 2.30 bits per heavy atom. The average Bonchev–Trinajstić information content (AvgIpc) is 1.79. The van der Waals surface area contributed by atoms with Crippen molar-refractivity contribution in [1.29, 1.82) is 0 Å². The lowest BCUT2D eigenvalue weighted by Gasteiger charge is -2.30. The zero-order chi connectivity index (χ0) is 7.78. The Hall–Kier alpha value is -0.370. The molecule has 0 saturated heterocycles.